The van der Waals surface area contributed by atoms with Crippen LogP contribution in [0.25, 0.3) is 11.1 Å². The van der Waals surface area contributed by atoms with Gasteiger partial charge in [0.05, 0.1) is 6.42 Å². The molecule has 4 rings (SSSR count). The van der Waals surface area contributed by atoms with Crippen LogP contribution in [0.1, 0.15) is 43.7 Å². The number of fused-ring (bicyclic) bond motifs is 3. The molecule has 1 saturated carbocycles. The summed E-state index contributed by atoms with van der Waals surface area (Å²) in [5.41, 5.74) is 4.69. The van der Waals surface area contributed by atoms with Crippen LogP contribution in [0.15, 0.2) is 48.5 Å². The van der Waals surface area contributed by atoms with E-state index in [0.717, 1.165) is 11.1 Å². The highest BCUT2D eigenvalue weighted by molar-refractivity contribution is 5.82. The van der Waals surface area contributed by atoms with Crippen molar-refractivity contribution >= 4 is 18.0 Å². The highest BCUT2D eigenvalue weighted by atomic mass is 16.5. The van der Waals surface area contributed by atoms with E-state index in [9.17, 15) is 14.4 Å². The third-order valence-corrected chi connectivity index (χ3v) is 7.03. The number of alkyl carbamates (subject to hydrolysis) is 1. The van der Waals surface area contributed by atoms with Crippen molar-refractivity contribution in [3.63, 3.8) is 0 Å². The van der Waals surface area contributed by atoms with E-state index in [-0.39, 0.29) is 48.5 Å². The van der Waals surface area contributed by atoms with Crippen LogP contribution in [0, 0.1) is 23.7 Å². The van der Waals surface area contributed by atoms with Crippen LogP contribution >= 0.6 is 0 Å². The van der Waals surface area contributed by atoms with Gasteiger partial charge in [0, 0.05) is 24.9 Å². The number of carbonyl (C=O) groups is 3. The molecule has 0 spiro atoms. The highest BCUT2D eigenvalue weighted by Gasteiger charge is 2.43. The van der Waals surface area contributed by atoms with E-state index in [1.807, 2.05) is 38.1 Å². The van der Waals surface area contributed by atoms with E-state index in [1.165, 1.54) is 11.1 Å². The molecule has 2 aromatic rings. The predicted molar refractivity (Wildman–Crippen MR) is 128 cm³/mol. The molecular formula is C27H32N2O5. The van der Waals surface area contributed by atoms with Gasteiger partial charge in [0.15, 0.2) is 0 Å². The van der Waals surface area contributed by atoms with Crippen LogP contribution in [0.4, 0.5) is 4.79 Å². The lowest BCUT2D eigenvalue weighted by Crippen LogP contribution is -2.34. The Balaban J connectivity index is 1.21. The molecule has 0 bridgehead atoms. The van der Waals surface area contributed by atoms with Crippen molar-refractivity contribution in [2.24, 2.45) is 23.7 Å². The fraction of sp³-hybridized carbons (Fsp3) is 0.444. The van der Waals surface area contributed by atoms with Gasteiger partial charge in [-0.15, -0.1) is 0 Å². The molecule has 3 N–H and O–H groups in total. The Morgan fingerprint density at radius 1 is 1.00 bits per heavy atom. The number of nitrogens with one attached hydrogen (secondary N) is 2. The van der Waals surface area contributed by atoms with Crippen molar-refractivity contribution < 1.29 is 24.2 Å². The maximum atomic E-state index is 12.4. The first-order valence-corrected chi connectivity index (χ1v) is 11.9. The molecule has 1 unspecified atom stereocenters. The Morgan fingerprint density at radius 2 is 1.62 bits per heavy atom. The Bertz CT molecular complexity index is 1020. The van der Waals surface area contributed by atoms with Gasteiger partial charge in [0.25, 0.3) is 0 Å². The summed E-state index contributed by atoms with van der Waals surface area (Å²) in [5, 5.41) is 14.7. The number of aliphatic carboxylic acids is 1. The summed E-state index contributed by atoms with van der Waals surface area (Å²) < 4.78 is 5.55. The third kappa shape index (κ3) is 5.41. The summed E-state index contributed by atoms with van der Waals surface area (Å²) in [6.07, 6.45) is 0.269. The highest BCUT2D eigenvalue weighted by Crippen LogP contribution is 2.44. The molecule has 3 atom stereocenters. The number of ether oxygens (including phenoxy) is 1. The third-order valence-electron chi connectivity index (χ3n) is 7.03. The van der Waals surface area contributed by atoms with Crippen molar-refractivity contribution in [3.8, 4) is 11.1 Å². The topological polar surface area (TPSA) is 105 Å². The van der Waals surface area contributed by atoms with Crippen molar-refractivity contribution in [2.45, 2.75) is 32.6 Å². The van der Waals surface area contributed by atoms with Crippen LogP contribution in [-0.4, -0.2) is 42.8 Å². The van der Waals surface area contributed by atoms with E-state index >= 15 is 0 Å². The number of rotatable bonds is 10. The van der Waals surface area contributed by atoms with Gasteiger partial charge in [-0.25, -0.2) is 4.79 Å². The fourth-order valence-corrected chi connectivity index (χ4v) is 4.79. The monoisotopic (exact) mass is 464 g/mol. The van der Waals surface area contributed by atoms with Crippen LogP contribution in [-0.2, 0) is 14.3 Å². The summed E-state index contributed by atoms with van der Waals surface area (Å²) in [6, 6.07) is 16.4. The van der Waals surface area contributed by atoms with E-state index < -0.39 is 12.1 Å². The molecule has 7 heteroatoms. The number of carboxylic acids is 1. The van der Waals surface area contributed by atoms with Crippen LogP contribution < -0.4 is 10.6 Å². The van der Waals surface area contributed by atoms with Gasteiger partial charge in [-0.2, -0.15) is 0 Å². The van der Waals surface area contributed by atoms with E-state index in [4.69, 9.17) is 9.84 Å². The predicted octanol–water partition coefficient (Wildman–Crippen LogP) is 4.02. The minimum absolute atomic E-state index is 0.0114. The number of carbonyl (C=O) groups excluding carboxylic acids is 2. The molecule has 0 saturated heterocycles. The Morgan fingerprint density at radius 3 is 2.21 bits per heavy atom. The quantitative estimate of drug-likeness (QED) is 0.493. The standard InChI is InChI=1S/C27H32N2O5/c1-16(2)17(12-25(30)31)13-28-26(32)23-11-18(23)14-29-27(33)34-15-24-21-9-5-3-7-19(21)20-8-4-6-10-22(20)24/h3-10,16-18,23-24H,11-15H2,1-2H3,(H,28,32)(H,29,33)(H,30,31)/t17?,18-,23-/m1/s1. The molecule has 7 nitrogen and oxygen atoms in total. The first-order valence-electron chi connectivity index (χ1n) is 11.9. The molecule has 0 radical (unpaired) electrons. The van der Waals surface area contributed by atoms with Gasteiger partial charge in [-0.3, -0.25) is 9.59 Å². The molecule has 2 aliphatic rings. The molecule has 2 amide bonds. The van der Waals surface area contributed by atoms with E-state index in [0.29, 0.717) is 19.5 Å². The lowest BCUT2D eigenvalue weighted by molar-refractivity contribution is -0.138. The van der Waals surface area contributed by atoms with Gasteiger partial charge in [-0.1, -0.05) is 62.4 Å². The van der Waals surface area contributed by atoms with Crippen LogP contribution in [0.2, 0.25) is 0 Å². The van der Waals surface area contributed by atoms with E-state index in [1.54, 1.807) is 0 Å². The van der Waals surface area contributed by atoms with Gasteiger partial charge in [0.2, 0.25) is 5.91 Å². The minimum atomic E-state index is -0.857. The maximum Gasteiger partial charge on any atom is 0.407 e. The second-order valence-electron chi connectivity index (χ2n) is 9.66. The molecule has 2 aliphatic carbocycles. The van der Waals surface area contributed by atoms with Crippen molar-refractivity contribution in [2.75, 3.05) is 19.7 Å². The molecule has 0 heterocycles. The maximum absolute atomic E-state index is 12.4. The SMILES string of the molecule is CC(C)C(CNC(=O)[C@@H]1C[C@@H]1CNC(=O)OCC1c2ccccc2-c2ccccc21)CC(=O)O. The van der Waals surface area contributed by atoms with Gasteiger partial charge >= 0.3 is 12.1 Å². The Hall–Kier alpha value is -3.35. The minimum Gasteiger partial charge on any atom is -0.481 e. The van der Waals surface area contributed by atoms with Crippen LogP contribution in [0.5, 0.6) is 0 Å². The smallest absolute Gasteiger partial charge is 0.407 e. The van der Waals surface area contributed by atoms with Gasteiger partial charge in [0.1, 0.15) is 6.61 Å². The Labute approximate surface area is 199 Å². The van der Waals surface area contributed by atoms with Crippen LogP contribution in [0.3, 0.4) is 0 Å². The summed E-state index contributed by atoms with van der Waals surface area (Å²) in [6.45, 7) is 4.91. The van der Waals surface area contributed by atoms with Crippen molar-refractivity contribution in [3.05, 3.63) is 59.7 Å². The number of benzene rings is 2. The zero-order valence-corrected chi connectivity index (χ0v) is 19.6. The fourth-order valence-electron chi connectivity index (χ4n) is 4.79. The lowest BCUT2D eigenvalue weighted by atomic mass is 9.92. The Kier molecular flexibility index (Phi) is 7.20. The molecule has 0 aliphatic heterocycles. The number of amides is 2. The molecule has 0 aromatic heterocycles. The zero-order chi connectivity index (χ0) is 24.2. The molecule has 34 heavy (non-hydrogen) atoms. The normalized spacial score (nSPS) is 19.1. The molecule has 180 valence electrons. The summed E-state index contributed by atoms with van der Waals surface area (Å²) >= 11 is 0. The molecular weight excluding hydrogens is 432 g/mol. The van der Waals surface area contributed by atoms with Gasteiger partial charge in [-0.05, 0) is 46.4 Å². The second kappa shape index (κ2) is 10.3. The van der Waals surface area contributed by atoms with E-state index in [2.05, 4.69) is 34.9 Å². The summed E-state index contributed by atoms with van der Waals surface area (Å²) in [4.78, 5) is 35.7. The first kappa shape index (κ1) is 23.8. The summed E-state index contributed by atoms with van der Waals surface area (Å²) in [7, 11) is 0. The number of hydrogen-bond acceptors (Lipinski definition) is 4. The summed E-state index contributed by atoms with van der Waals surface area (Å²) in [5.74, 6) is -0.916. The van der Waals surface area contributed by atoms with Crippen molar-refractivity contribution in [1.29, 1.82) is 0 Å². The average Bonchev–Trinajstić information content (AvgIpc) is 3.53. The zero-order valence-electron chi connectivity index (χ0n) is 19.6. The average molecular weight is 465 g/mol. The van der Waals surface area contributed by atoms with Crippen molar-refractivity contribution in [1.82, 2.24) is 10.6 Å². The lowest BCUT2D eigenvalue weighted by Gasteiger charge is -2.19. The number of carboxylic acid groups (broad SMARTS) is 1. The molecule has 2 aromatic carbocycles. The first-order chi connectivity index (χ1) is 16.3. The second-order valence-corrected chi connectivity index (χ2v) is 9.66. The number of hydrogen-bond donors (Lipinski definition) is 3. The van der Waals surface area contributed by atoms with Gasteiger partial charge < -0.3 is 20.5 Å². The molecule has 1 fully saturated rings. The largest absolute Gasteiger partial charge is 0.481 e.